The van der Waals surface area contributed by atoms with Crippen molar-refractivity contribution in [2.45, 2.75) is 13.0 Å². The van der Waals surface area contributed by atoms with Gasteiger partial charge in [0.2, 0.25) is 0 Å². The van der Waals surface area contributed by atoms with Crippen molar-refractivity contribution in [2.75, 3.05) is 0 Å². The van der Waals surface area contributed by atoms with Crippen LogP contribution in [-0.4, -0.2) is 39.1 Å². The zero-order chi connectivity index (χ0) is 14.6. The monoisotopic (exact) mass is 346 g/mol. The van der Waals surface area contributed by atoms with Gasteiger partial charge >= 0.3 is 0 Å². The second kappa shape index (κ2) is 4.35. The SMILES string of the molecule is C[C@@H](c1nc2c3cnn(C)c3ncn2n1)n1cc(Br)cn1. The zero-order valence-electron chi connectivity index (χ0n) is 11.3. The number of hydrogen-bond donors (Lipinski definition) is 0. The van der Waals surface area contributed by atoms with Crippen LogP contribution in [0.5, 0.6) is 0 Å². The number of aryl methyl sites for hydroxylation is 1. The molecule has 8 nitrogen and oxygen atoms in total. The van der Waals surface area contributed by atoms with Crippen LogP contribution in [0.3, 0.4) is 0 Å². The van der Waals surface area contributed by atoms with E-state index in [2.05, 4.69) is 41.2 Å². The number of nitrogens with zero attached hydrogens (tertiary/aromatic N) is 8. The van der Waals surface area contributed by atoms with Gasteiger partial charge in [-0.1, -0.05) is 0 Å². The Labute approximate surface area is 127 Å². The van der Waals surface area contributed by atoms with Crippen LogP contribution in [0.1, 0.15) is 18.8 Å². The first-order chi connectivity index (χ1) is 10.1. The number of hydrogen-bond acceptors (Lipinski definition) is 5. The molecule has 0 bridgehead atoms. The minimum Gasteiger partial charge on any atom is -0.261 e. The second-order valence-corrected chi connectivity index (χ2v) is 5.72. The Hall–Kier alpha value is -2.29. The largest absolute Gasteiger partial charge is 0.261 e. The molecule has 0 N–H and O–H groups in total. The summed E-state index contributed by atoms with van der Waals surface area (Å²) in [4.78, 5) is 8.97. The van der Waals surface area contributed by atoms with E-state index in [0.717, 1.165) is 21.2 Å². The van der Waals surface area contributed by atoms with Crippen LogP contribution in [0.4, 0.5) is 0 Å². The van der Waals surface area contributed by atoms with E-state index in [1.807, 2.05) is 24.9 Å². The topological polar surface area (TPSA) is 78.7 Å². The molecule has 0 aliphatic rings. The third-order valence-electron chi connectivity index (χ3n) is 3.43. The van der Waals surface area contributed by atoms with Crippen LogP contribution in [0.2, 0.25) is 0 Å². The van der Waals surface area contributed by atoms with E-state index < -0.39 is 0 Å². The van der Waals surface area contributed by atoms with Crippen molar-refractivity contribution in [3.8, 4) is 0 Å². The van der Waals surface area contributed by atoms with Gasteiger partial charge in [0.25, 0.3) is 0 Å². The minimum atomic E-state index is -0.0667. The highest BCUT2D eigenvalue weighted by molar-refractivity contribution is 9.10. The highest BCUT2D eigenvalue weighted by Gasteiger charge is 2.17. The number of halogens is 1. The molecular formula is C12H11BrN8. The summed E-state index contributed by atoms with van der Waals surface area (Å²) in [6.07, 6.45) is 7.05. The summed E-state index contributed by atoms with van der Waals surface area (Å²) < 4.78 is 6.13. The maximum atomic E-state index is 4.62. The molecule has 0 aliphatic carbocycles. The third-order valence-corrected chi connectivity index (χ3v) is 3.84. The Balaban J connectivity index is 1.88. The fourth-order valence-corrected chi connectivity index (χ4v) is 2.58. The third kappa shape index (κ3) is 1.84. The van der Waals surface area contributed by atoms with Crippen molar-refractivity contribution in [1.29, 1.82) is 0 Å². The van der Waals surface area contributed by atoms with E-state index in [0.29, 0.717) is 5.82 Å². The Bertz CT molecular complexity index is 949. The molecule has 0 radical (unpaired) electrons. The molecule has 1 atom stereocenters. The molecular weight excluding hydrogens is 336 g/mol. The Kier molecular flexibility index (Phi) is 2.58. The van der Waals surface area contributed by atoms with Crippen LogP contribution in [0.15, 0.2) is 29.4 Å². The molecule has 9 heteroatoms. The van der Waals surface area contributed by atoms with E-state index in [1.165, 1.54) is 0 Å². The zero-order valence-corrected chi connectivity index (χ0v) is 12.9. The van der Waals surface area contributed by atoms with Crippen LogP contribution in [-0.2, 0) is 7.05 Å². The van der Waals surface area contributed by atoms with Crippen molar-refractivity contribution >= 4 is 32.6 Å². The first-order valence-electron chi connectivity index (χ1n) is 6.36. The van der Waals surface area contributed by atoms with Crippen molar-refractivity contribution in [1.82, 2.24) is 39.1 Å². The number of fused-ring (bicyclic) bond motifs is 3. The van der Waals surface area contributed by atoms with Crippen LogP contribution in [0.25, 0.3) is 16.7 Å². The van der Waals surface area contributed by atoms with Gasteiger partial charge in [-0.3, -0.25) is 9.36 Å². The predicted octanol–water partition coefficient (Wildman–Crippen LogP) is 1.58. The van der Waals surface area contributed by atoms with Gasteiger partial charge < -0.3 is 0 Å². The standard InChI is InChI=1S/C12H11BrN8/c1-7(20-5-8(13)3-16-20)10-17-12-9-4-15-19(2)11(9)14-6-21(12)18-10/h3-7H,1-2H3/t7-/m0/s1. The maximum absolute atomic E-state index is 4.62. The summed E-state index contributed by atoms with van der Waals surface area (Å²) in [5, 5.41) is 13.9. The summed E-state index contributed by atoms with van der Waals surface area (Å²) in [7, 11) is 1.85. The van der Waals surface area contributed by atoms with Gasteiger partial charge in [0.15, 0.2) is 17.1 Å². The minimum absolute atomic E-state index is 0.0667. The maximum Gasteiger partial charge on any atom is 0.176 e. The summed E-state index contributed by atoms with van der Waals surface area (Å²) in [5.74, 6) is 0.684. The lowest BCUT2D eigenvalue weighted by molar-refractivity contribution is 0.536. The van der Waals surface area contributed by atoms with Crippen molar-refractivity contribution < 1.29 is 0 Å². The van der Waals surface area contributed by atoms with Gasteiger partial charge in [0.05, 0.1) is 22.3 Å². The van der Waals surface area contributed by atoms with Crippen molar-refractivity contribution in [2.24, 2.45) is 7.05 Å². The van der Waals surface area contributed by atoms with E-state index in [4.69, 9.17) is 0 Å². The quantitative estimate of drug-likeness (QED) is 0.550. The molecule has 4 rings (SSSR count). The van der Waals surface area contributed by atoms with Gasteiger partial charge in [-0.05, 0) is 22.9 Å². The summed E-state index contributed by atoms with van der Waals surface area (Å²) in [6, 6.07) is -0.0667. The molecule has 4 aromatic heterocycles. The van der Waals surface area contributed by atoms with Gasteiger partial charge in [0, 0.05) is 13.2 Å². The lowest BCUT2D eigenvalue weighted by Gasteiger charge is -2.06. The highest BCUT2D eigenvalue weighted by Crippen LogP contribution is 2.20. The fourth-order valence-electron chi connectivity index (χ4n) is 2.28. The molecule has 4 heterocycles. The summed E-state index contributed by atoms with van der Waals surface area (Å²) >= 11 is 3.39. The van der Waals surface area contributed by atoms with Crippen molar-refractivity contribution in [3.63, 3.8) is 0 Å². The van der Waals surface area contributed by atoms with E-state index in [-0.39, 0.29) is 6.04 Å². The molecule has 4 aromatic rings. The normalized spacial score (nSPS) is 13.3. The van der Waals surface area contributed by atoms with Crippen molar-refractivity contribution in [3.05, 3.63) is 35.2 Å². The predicted molar refractivity (Wildman–Crippen MR) is 78.8 cm³/mol. The fraction of sp³-hybridized carbons (Fsp3) is 0.250. The smallest absolute Gasteiger partial charge is 0.176 e. The highest BCUT2D eigenvalue weighted by atomic mass is 79.9. The molecule has 106 valence electrons. The van der Waals surface area contributed by atoms with E-state index in [9.17, 15) is 0 Å². The lowest BCUT2D eigenvalue weighted by atomic mass is 10.3. The van der Waals surface area contributed by atoms with Crippen LogP contribution in [0, 0.1) is 0 Å². The van der Waals surface area contributed by atoms with Crippen LogP contribution >= 0.6 is 15.9 Å². The Morgan fingerprint density at radius 1 is 1.19 bits per heavy atom. The molecule has 21 heavy (non-hydrogen) atoms. The summed E-state index contributed by atoms with van der Waals surface area (Å²) in [6.45, 7) is 2.00. The first kappa shape index (κ1) is 12.5. The van der Waals surface area contributed by atoms with Gasteiger partial charge in [-0.15, -0.1) is 5.10 Å². The molecule has 0 saturated carbocycles. The van der Waals surface area contributed by atoms with E-state index in [1.54, 1.807) is 27.9 Å². The number of rotatable bonds is 2. The lowest BCUT2D eigenvalue weighted by Crippen LogP contribution is -2.09. The van der Waals surface area contributed by atoms with Crippen LogP contribution < -0.4 is 0 Å². The summed E-state index contributed by atoms with van der Waals surface area (Å²) in [5.41, 5.74) is 1.54. The number of aromatic nitrogens is 8. The average Bonchev–Trinajstić information content (AvgIpc) is 3.16. The van der Waals surface area contributed by atoms with Gasteiger partial charge in [-0.2, -0.15) is 10.2 Å². The van der Waals surface area contributed by atoms with Gasteiger partial charge in [-0.25, -0.2) is 14.5 Å². The molecule has 0 amide bonds. The molecule has 0 spiro atoms. The average molecular weight is 347 g/mol. The molecule has 0 saturated heterocycles. The first-order valence-corrected chi connectivity index (χ1v) is 7.15. The molecule has 0 unspecified atom stereocenters. The Morgan fingerprint density at radius 3 is 2.81 bits per heavy atom. The molecule has 0 aromatic carbocycles. The van der Waals surface area contributed by atoms with E-state index >= 15 is 0 Å². The molecule has 0 aliphatic heterocycles. The molecule has 0 fully saturated rings. The van der Waals surface area contributed by atoms with Gasteiger partial charge in [0.1, 0.15) is 12.4 Å². The second-order valence-electron chi connectivity index (χ2n) is 4.80. The Morgan fingerprint density at radius 2 is 2.05 bits per heavy atom.